The molecule has 1 amide bonds. The molecule has 0 aliphatic carbocycles. The third-order valence-corrected chi connectivity index (χ3v) is 8.16. The standard InChI is InChI=1S/C23H28N4O3S2.C4H9NS/c1-15(28)27(6)18-11-12-19(21(13-18)32(29,30)26-23(2,3)4)20-14-25-22(31-20)16-7-9-17(24-5)10-8-16;1-4(2)5-3-6/h7-14,24,26H,1-6H3;3-4H,1-2H3,(H,5,6). The smallest absolute Gasteiger partial charge is 0.241 e. The molecule has 0 unspecified atom stereocenters. The van der Waals surface area contributed by atoms with Crippen LogP contribution < -0.4 is 20.3 Å². The van der Waals surface area contributed by atoms with E-state index in [0.717, 1.165) is 21.1 Å². The number of hydrogen-bond acceptors (Lipinski definition) is 7. The fraction of sp³-hybridized carbons (Fsp3) is 0.370. The summed E-state index contributed by atoms with van der Waals surface area (Å²) in [7, 11) is -0.386. The van der Waals surface area contributed by atoms with Crippen LogP contribution in [0, 0.1) is 0 Å². The van der Waals surface area contributed by atoms with E-state index in [-0.39, 0.29) is 10.8 Å². The van der Waals surface area contributed by atoms with Gasteiger partial charge in [0.1, 0.15) is 5.01 Å². The van der Waals surface area contributed by atoms with E-state index in [4.69, 9.17) is 0 Å². The van der Waals surface area contributed by atoms with Crippen molar-refractivity contribution < 1.29 is 13.2 Å². The highest BCUT2D eigenvalue weighted by Gasteiger charge is 2.27. The third-order valence-electron chi connectivity index (χ3n) is 5.15. The van der Waals surface area contributed by atoms with E-state index in [1.54, 1.807) is 46.1 Å². The quantitative estimate of drug-likeness (QED) is 0.304. The number of sulfonamides is 1. The molecule has 3 rings (SSSR count). The van der Waals surface area contributed by atoms with Crippen LogP contribution in [-0.4, -0.2) is 50.5 Å². The normalized spacial score (nSPS) is 11.4. The minimum Gasteiger partial charge on any atom is -0.388 e. The van der Waals surface area contributed by atoms with Crippen molar-refractivity contribution in [3.63, 3.8) is 0 Å². The van der Waals surface area contributed by atoms with Gasteiger partial charge in [0.2, 0.25) is 15.9 Å². The highest BCUT2D eigenvalue weighted by Crippen LogP contribution is 2.37. The first-order valence-electron chi connectivity index (χ1n) is 12.0. The molecular weight excluding hydrogens is 539 g/mol. The fourth-order valence-corrected chi connectivity index (χ4v) is 6.19. The SMILES string of the molecule is CC(C)NC=S.CNc1ccc(-c2ncc(-c3ccc(N(C)C(C)=O)cc3S(=O)(=O)NC(C)(C)C)s2)cc1. The lowest BCUT2D eigenvalue weighted by atomic mass is 10.1. The molecule has 8 nitrogen and oxygen atoms in total. The number of thiazole rings is 1. The predicted octanol–water partition coefficient (Wildman–Crippen LogP) is 5.52. The van der Waals surface area contributed by atoms with Crippen molar-refractivity contribution in [3.8, 4) is 21.0 Å². The maximum absolute atomic E-state index is 13.3. The molecule has 3 aromatic rings. The first kappa shape index (κ1) is 31.4. The van der Waals surface area contributed by atoms with E-state index in [2.05, 4.69) is 32.6 Å². The summed E-state index contributed by atoms with van der Waals surface area (Å²) >= 11 is 5.91. The summed E-state index contributed by atoms with van der Waals surface area (Å²) in [5, 5.41) is 6.77. The Hall–Kier alpha value is -2.86. The number of carbonyl (C=O) groups excluding carboxylic acids is 1. The van der Waals surface area contributed by atoms with Gasteiger partial charge in [0.25, 0.3) is 0 Å². The Bertz CT molecular complexity index is 1350. The van der Waals surface area contributed by atoms with Gasteiger partial charge >= 0.3 is 0 Å². The highest BCUT2D eigenvalue weighted by molar-refractivity contribution is 7.89. The molecule has 1 aromatic heterocycles. The van der Waals surface area contributed by atoms with Gasteiger partial charge in [0.05, 0.1) is 15.3 Å². The summed E-state index contributed by atoms with van der Waals surface area (Å²) in [4.78, 5) is 18.6. The van der Waals surface area contributed by atoms with E-state index in [1.807, 2.05) is 45.2 Å². The molecule has 11 heteroatoms. The van der Waals surface area contributed by atoms with Gasteiger partial charge in [-0.05, 0) is 71.0 Å². The molecule has 38 heavy (non-hydrogen) atoms. The zero-order valence-electron chi connectivity index (χ0n) is 23.1. The van der Waals surface area contributed by atoms with Crippen molar-refractivity contribution in [3.05, 3.63) is 48.7 Å². The van der Waals surface area contributed by atoms with E-state index >= 15 is 0 Å². The van der Waals surface area contributed by atoms with Crippen LogP contribution in [0.3, 0.4) is 0 Å². The molecule has 0 aliphatic rings. The third kappa shape index (κ3) is 8.87. The molecule has 206 valence electrons. The van der Waals surface area contributed by atoms with Gasteiger partial charge in [-0.25, -0.2) is 18.1 Å². The first-order valence-corrected chi connectivity index (χ1v) is 14.8. The molecule has 0 aliphatic heterocycles. The van der Waals surface area contributed by atoms with E-state index in [9.17, 15) is 13.2 Å². The summed E-state index contributed by atoms with van der Waals surface area (Å²) in [6.45, 7) is 10.9. The van der Waals surface area contributed by atoms with Crippen LogP contribution in [0.5, 0.6) is 0 Å². The van der Waals surface area contributed by atoms with Gasteiger partial charge in [0.15, 0.2) is 0 Å². The number of rotatable bonds is 8. The molecule has 3 N–H and O–H groups in total. The molecule has 0 atom stereocenters. The van der Waals surface area contributed by atoms with Crippen LogP contribution in [0.4, 0.5) is 11.4 Å². The van der Waals surface area contributed by atoms with Crippen LogP contribution >= 0.6 is 23.6 Å². The summed E-state index contributed by atoms with van der Waals surface area (Å²) < 4.78 is 29.3. The van der Waals surface area contributed by atoms with Gasteiger partial charge in [-0.1, -0.05) is 18.3 Å². The largest absolute Gasteiger partial charge is 0.388 e. The Morgan fingerprint density at radius 1 is 1.13 bits per heavy atom. The number of benzene rings is 2. The van der Waals surface area contributed by atoms with Crippen molar-refractivity contribution in [1.29, 1.82) is 0 Å². The first-order chi connectivity index (χ1) is 17.7. The summed E-state index contributed by atoms with van der Waals surface area (Å²) in [6, 6.07) is 13.4. The monoisotopic (exact) mass is 575 g/mol. The number of nitrogens with one attached hydrogen (secondary N) is 3. The number of nitrogens with zero attached hydrogens (tertiary/aromatic N) is 2. The van der Waals surface area contributed by atoms with E-state index in [0.29, 0.717) is 17.3 Å². The van der Waals surface area contributed by atoms with Crippen LogP contribution in [0.15, 0.2) is 53.6 Å². The van der Waals surface area contributed by atoms with Gasteiger partial charge in [-0.3, -0.25) is 4.79 Å². The van der Waals surface area contributed by atoms with Crippen molar-refractivity contribution in [1.82, 2.24) is 15.0 Å². The highest BCUT2D eigenvalue weighted by atomic mass is 32.2. The zero-order chi connectivity index (χ0) is 28.7. The van der Waals surface area contributed by atoms with Gasteiger partial charge in [-0.2, -0.15) is 0 Å². The summed E-state index contributed by atoms with van der Waals surface area (Å²) in [6.07, 6.45) is 1.69. The van der Waals surface area contributed by atoms with Crippen molar-refractivity contribution in [2.75, 3.05) is 24.3 Å². The number of aromatic nitrogens is 1. The van der Waals surface area contributed by atoms with Crippen LogP contribution in [-0.2, 0) is 14.8 Å². The molecule has 0 saturated carbocycles. The van der Waals surface area contributed by atoms with Gasteiger partial charge in [-0.15, -0.1) is 11.3 Å². The molecule has 0 fully saturated rings. The average molecular weight is 576 g/mol. The van der Waals surface area contributed by atoms with E-state index in [1.165, 1.54) is 34.7 Å². The zero-order valence-corrected chi connectivity index (χ0v) is 25.6. The summed E-state index contributed by atoms with van der Waals surface area (Å²) in [5.74, 6) is -0.185. The number of thiocarbonyl (C=S) groups is 1. The molecule has 0 spiro atoms. The number of amides is 1. The second-order valence-electron chi connectivity index (χ2n) is 9.91. The topological polar surface area (TPSA) is 103 Å². The van der Waals surface area contributed by atoms with Crippen LogP contribution in [0.25, 0.3) is 21.0 Å². The van der Waals surface area contributed by atoms with Crippen molar-refractivity contribution in [2.45, 2.75) is 58.0 Å². The Morgan fingerprint density at radius 2 is 1.76 bits per heavy atom. The second kappa shape index (κ2) is 13.3. The fourth-order valence-electron chi connectivity index (χ4n) is 3.23. The lowest BCUT2D eigenvalue weighted by Gasteiger charge is -2.23. The lowest BCUT2D eigenvalue weighted by Crippen LogP contribution is -2.40. The Labute approximate surface area is 235 Å². The maximum atomic E-state index is 13.3. The number of anilines is 2. The molecule has 0 saturated heterocycles. The molecule has 0 radical (unpaired) electrons. The van der Waals surface area contributed by atoms with E-state index < -0.39 is 15.6 Å². The Kier molecular flexibility index (Phi) is 11.0. The van der Waals surface area contributed by atoms with Gasteiger partial charge in [0, 0.05) is 61.3 Å². The van der Waals surface area contributed by atoms with Crippen LogP contribution in [0.1, 0.15) is 41.5 Å². The van der Waals surface area contributed by atoms with Crippen LogP contribution in [0.2, 0.25) is 0 Å². The van der Waals surface area contributed by atoms with Crippen molar-refractivity contribution >= 4 is 56.4 Å². The minimum atomic E-state index is -3.86. The number of hydrogen-bond donors (Lipinski definition) is 3. The van der Waals surface area contributed by atoms with Gasteiger partial charge < -0.3 is 15.5 Å². The van der Waals surface area contributed by atoms with Crippen molar-refractivity contribution in [2.24, 2.45) is 0 Å². The lowest BCUT2D eigenvalue weighted by molar-refractivity contribution is -0.116. The maximum Gasteiger partial charge on any atom is 0.241 e. The molecule has 2 aromatic carbocycles. The minimum absolute atomic E-state index is 0.110. The molecule has 1 heterocycles. The Morgan fingerprint density at radius 3 is 2.24 bits per heavy atom. The average Bonchev–Trinajstić information content (AvgIpc) is 3.32. The Balaban J connectivity index is 0.000000757. The number of carbonyl (C=O) groups is 1. The molecular formula is C27H37N5O3S3. The molecule has 0 bridgehead atoms. The predicted molar refractivity (Wildman–Crippen MR) is 164 cm³/mol. The summed E-state index contributed by atoms with van der Waals surface area (Å²) in [5.41, 5.74) is 3.86. The second-order valence-corrected chi connectivity index (χ2v) is 12.8.